The van der Waals surface area contributed by atoms with Crippen LogP contribution in [0.4, 0.5) is 17.1 Å². The number of nitrogens with one attached hydrogen (secondary N) is 3. The molecular formula is C83H88Cl2N14O10. The Balaban J connectivity index is 0.703. The van der Waals surface area contributed by atoms with E-state index in [1.165, 1.54) is 21.8 Å². The number of carbonyl (C=O) groups is 5. The molecule has 0 spiro atoms. The third-order valence-corrected chi connectivity index (χ3v) is 21.4. The molecule has 24 nitrogen and oxygen atoms in total. The first-order valence-corrected chi connectivity index (χ1v) is 37.6. The number of halogens is 2. The van der Waals surface area contributed by atoms with E-state index < -0.39 is 23.0 Å². The summed E-state index contributed by atoms with van der Waals surface area (Å²) in [7, 11) is 7.57. The fraction of sp³-hybridized carbons (Fsp3) is 0.349. The second kappa shape index (κ2) is 33.9. The molecule has 2 fully saturated rings. The maximum absolute atomic E-state index is 15.2. The molecule has 26 heteroatoms. The van der Waals surface area contributed by atoms with Crippen molar-refractivity contribution in [1.29, 1.82) is 0 Å². The van der Waals surface area contributed by atoms with Crippen molar-refractivity contribution in [2.75, 3.05) is 83.4 Å². The summed E-state index contributed by atoms with van der Waals surface area (Å²) >= 11 is 12.9. The molecule has 6 aromatic carbocycles. The summed E-state index contributed by atoms with van der Waals surface area (Å²) in [5.74, 6) is -0.856. The summed E-state index contributed by atoms with van der Waals surface area (Å²) < 4.78 is 9.18. The number of amides is 5. The number of oxazole rings is 1. The Labute approximate surface area is 640 Å². The molecule has 5 amide bonds. The van der Waals surface area contributed by atoms with E-state index in [1.807, 2.05) is 98.7 Å². The largest absolute Gasteiger partial charge is 0.441 e. The highest BCUT2D eigenvalue weighted by Crippen LogP contribution is 2.34. The summed E-state index contributed by atoms with van der Waals surface area (Å²) in [6.45, 7) is 2.02. The Bertz CT molecular complexity index is 5340. The Morgan fingerprint density at radius 3 is 1.41 bits per heavy atom. The van der Waals surface area contributed by atoms with E-state index in [9.17, 15) is 34.2 Å². The second-order valence-corrected chi connectivity index (χ2v) is 30.3. The molecular weight excluding hydrogens is 1420 g/mol. The Morgan fingerprint density at radius 1 is 0.505 bits per heavy atom. The average molecular weight is 1510 g/mol. The van der Waals surface area contributed by atoms with Gasteiger partial charge in [-0.2, -0.15) is 0 Å². The molecule has 11 aromatic rings. The van der Waals surface area contributed by atoms with Crippen LogP contribution >= 0.6 is 23.2 Å². The number of nitrogens with zero attached hydrogens (tertiary/aromatic N) is 11. The number of benzene rings is 6. The molecule has 2 saturated heterocycles. The van der Waals surface area contributed by atoms with Crippen LogP contribution in [0.25, 0.3) is 66.1 Å². The highest BCUT2D eigenvalue weighted by Gasteiger charge is 2.39. The number of hydrogen-bond donors (Lipinski definition) is 5. The minimum absolute atomic E-state index is 0.0325. The number of carbonyl (C=O) groups excluding carboxylic acids is 5. The molecule has 2 aliphatic heterocycles. The first-order chi connectivity index (χ1) is 52.5. The number of fused-ring (bicyclic) bond motifs is 4. The van der Waals surface area contributed by atoms with E-state index in [-0.39, 0.29) is 112 Å². The highest BCUT2D eigenvalue weighted by atomic mass is 35.5. The van der Waals surface area contributed by atoms with E-state index >= 15 is 9.59 Å². The van der Waals surface area contributed by atoms with Crippen molar-refractivity contribution >= 4 is 113 Å². The van der Waals surface area contributed by atoms with Crippen molar-refractivity contribution in [3.8, 4) is 22.5 Å². The van der Waals surface area contributed by atoms with Gasteiger partial charge >= 0.3 is 0 Å². The minimum atomic E-state index is -1.33. The zero-order valence-corrected chi connectivity index (χ0v) is 62.9. The lowest BCUT2D eigenvalue weighted by atomic mass is 9.87. The van der Waals surface area contributed by atoms with Gasteiger partial charge in [-0.3, -0.25) is 52.7 Å². The fourth-order valence-corrected chi connectivity index (χ4v) is 15.0. The van der Waals surface area contributed by atoms with Crippen LogP contribution in [0.1, 0.15) is 81.2 Å². The number of hydrogen-bond acceptors (Lipinski definition) is 17. The number of aryl methyl sites for hydroxylation is 1. The van der Waals surface area contributed by atoms with Crippen LogP contribution in [0.3, 0.4) is 0 Å². The predicted octanol–water partition coefficient (Wildman–Crippen LogP) is 11.5. The maximum atomic E-state index is 15.2. The lowest BCUT2D eigenvalue weighted by molar-refractivity contribution is -0.141. The molecule has 0 aliphatic carbocycles. The summed E-state index contributed by atoms with van der Waals surface area (Å²) in [6.07, 6.45) is 11.5. The Kier molecular flexibility index (Phi) is 23.8. The monoisotopic (exact) mass is 1510 g/mol. The first-order valence-electron chi connectivity index (χ1n) is 36.9. The van der Waals surface area contributed by atoms with Crippen molar-refractivity contribution in [3.63, 3.8) is 0 Å². The third-order valence-electron chi connectivity index (χ3n) is 20.7. The van der Waals surface area contributed by atoms with E-state index in [0.717, 1.165) is 38.6 Å². The number of rotatable bonds is 28. The van der Waals surface area contributed by atoms with E-state index in [0.29, 0.717) is 136 Å². The zero-order chi connectivity index (χ0) is 76.5. The van der Waals surface area contributed by atoms with E-state index in [2.05, 4.69) is 53.0 Å². The molecule has 0 bridgehead atoms. The van der Waals surface area contributed by atoms with Crippen molar-refractivity contribution in [2.24, 2.45) is 11.8 Å². The lowest BCUT2D eigenvalue weighted by Gasteiger charge is -2.39. The smallest absolute Gasteiger partial charge is 0.261 e. The van der Waals surface area contributed by atoms with Gasteiger partial charge in [0.1, 0.15) is 0 Å². The molecule has 7 heterocycles. The number of piperidine rings is 2. The molecule has 2 atom stereocenters. The van der Waals surface area contributed by atoms with Crippen LogP contribution in [-0.4, -0.2) is 172 Å². The molecule has 109 heavy (non-hydrogen) atoms. The van der Waals surface area contributed by atoms with Crippen LogP contribution in [0.2, 0.25) is 10.0 Å². The summed E-state index contributed by atoms with van der Waals surface area (Å²) in [5, 5.41) is 36.4. The van der Waals surface area contributed by atoms with Crippen molar-refractivity contribution < 1.29 is 38.6 Å². The minimum Gasteiger partial charge on any atom is -0.441 e. The molecule has 0 saturated carbocycles. The van der Waals surface area contributed by atoms with Gasteiger partial charge in [0.05, 0.1) is 86.0 Å². The molecule has 13 rings (SSSR count). The van der Waals surface area contributed by atoms with Gasteiger partial charge in [0.15, 0.2) is 11.7 Å². The predicted molar refractivity (Wildman–Crippen MR) is 423 cm³/mol. The molecule has 2 aliphatic rings. The van der Waals surface area contributed by atoms with Crippen LogP contribution < -0.4 is 27.1 Å². The molecule has 564 valence electrons. The van der Waals surface area contributed by atoms with Crippen LogP contribution in [-0.2, 0) is 56.3 Å². The molecule has 0 radical (unpaired) electrons. The van der Waals surface area contributed by atoms with Gasteiger partial charge in [-0.25, -0.2) is 15.0 Å². The number of anilines is 3. The first kappa shape index (κ1) is 76.6. The van der Waals surface area contributed by atoms with Gasteiger partial charge in [0, 0.05) is 123 Å². The third kappa shape index (κ3) is 19.1. The topological polar surface area (TPSA) is 296 Å². The number of likely N-dealkylation sites (tertiary alicyclic amines) is 2. The molecule has 5 aromatic heterocycles. The number of aromatic nitrogens is 7. The van der Waals surface area contributed by atoms with Crippen LogP contribution in [0.15, 0.2) is 179 Å². The number of aliphatic hydroxyl groups is 2. The lowest BCUT2D eigenvalue weighted by Crippen LogP contribution is -2.51. The second-order valence-electron chi connectivity index (χ2n) is 29.5. The van der Waals surface area contributed by atoms with Gasteiger partial charge in [0.25, 0.3) is 11.1 Å². The summed E-state index contributed by atoms with van der Waals surface area (Å²) in [5.41, 5.74) is 4.81. The Hall–Kier alpha value is -10.6. The molecule has 2 unspecified atom stereocenters. The van der Waals surface area contributed by atoms with E-state index in [4.69, 9.17) is 27.6 Å². The standard InChI is InChI=1S/C83H88Cl2N14O10/c1-94(2)34-26-75(101)92-61-17-21-65-71(46-61)89-51-98(80(65)105)49-82(107)28-36-96(37-29-82)78(103)58(12-7-13-74(100)91-60-16-20-64-68(85)25-33-87-70(64)45-60)42-53-8-5-10-55(40-53)56-11-6-9-54(41-56)43-59(15-23-77-88-48-73(109-77)57-14-19-63-67(84)24-32-86-69(63)44-57)79(104)97-38-30-83(108,31-39-97)50-99-52-90-72-47-62(18-22-66(72)81(99)106)93-76(102)27-35-95(3)4/h5-6,8-11,14,16-22,24-25,32-33,40-41,44-48,51-52,58-59,107-108H,7,12-13,15,23,26-31,34-39,42-43,49-50H2,1-4H3,(H,91,100)(H,92,101)(H,93,102). The van der Waals surface area contributed by atoms with Gasteiger partial charge in [-0.05, 0) is 181 Å². The van der Waals surface area contributed by atoms with Gasteiger partial charge < -0.3 is 50.2 Å². The molecule has 5 N–H and O–H groups in total. The van der Waals surface area contributed by atoms with Crippen molar-refractivity contribution in [3.05, 3.63) is 212 Å². The summed E-state index contributed by atoms with van der Waals surface area (Å²) in [6, 6.07) is 40.6. The number of pyridine rings is 2. The van der Waals surface area contributed by atoms with Gasteiger partial charge in [-0.1, -0.05) is 83.9 Å². The van der Waals surface area contributed by atoms with Crippen molar-refractivity contribution in [1.82, 2.24) is 53.7 Å². The van der Waals surface area contributed by atoms with E-state index in [1.54, 1.807) is 89.1 Å². The van der Waals surface area contributed by atoms with Crippen molar-refractivity contribution in [2.45, 2.75) is 108 Å². The SMILES string of the molecule is CN(C)CCC(=O)Nc1ccc2c(=O)n(CC3(O)CCN(C(=O)C(CCCC(=O)Nc4ccc5c(Cl)ccnc5c4)Cc4cccc(-c5cccc(CC(CCc6ncc(-c7ccc8c(Cl)ccnc8c7)o6)C(=O)N6CCC(O)(Cn7cnc8cc(NC(=O)CCN(C)C)ccc8c7=O)CC6)c5)c4)CC3)cnc2c1. The van der Waals surface area contributed by atoms with Crippen LogP contribution in [0, 0.1) is 11.8 Å². The van der Waals surface area contributed by atoms with Crippen LogP contribution in [0.5, 0.6) is 0 Å². The van der Waals surface area contributed by atoms with Gasteiger partial charge in [0.2, 0.25) is 29.5 Å². The average Bonchev–Trinajstić information content (AvgIpc) is 1.03. The summed E-state index contributed by atoms with van der Waals surface area (Å²) in [4.78, 5) is 127. The highest BCUT2D eigenvalue weighted by molar-refractivity contribution is 6.35. The quantitative estimate of drug-likeness (QED) is 0.0304. The fourth-order valence-electron chi connectivity index (χ4n) is 14.5. The van der Waals surface area contributed by atoms with Gasteiger partial charge in [-0.15, -0.1) is 0 Å². The normalized spacial score (nSPS) is 14.9. The Morgan fingerprint density at radius 2 is 0.936 bits per heavy atom. The zero-order valence-electron chi connectivity index (χ0n) is 61.4. The maximum Gasteiger partial charge on any atom is 0.261 e.